The smallest absolute Gasteiger partial charge is 0.408 e. The van der Waals surface area contributed by atoms with Crippen molar-refractivity contribution in [2.45, 2.75) is 64.5 Å². The first-order chi connectivity index (χ1) is 13.1. The maximum atomic E-state index is 11.8. The number of amides is 2. The second kappa shape index (κ2) is 9.80. The van der Waals surface area contributed by atoms with E-state index in [0.29, 0.717) is 43.7 Å². The highest BCUT2D eigenvalue weighted by atomic mass is 16.6. The van der Waals surface area contributed by atoms with Crippen LogP contribution in [0.25, 0.3) is 0 Å². The van der Waals surface area contributed by atoms with Gasteiger partial charge < -0.3 is 25.2 Å². The molecule has 0 aliphatic heterocycles. The Bertz CT molecular complexity index is 598. The highest BCUT2D eigenvalue weighted by Gasteiger charge is 2.36. The number of carboxylic acid groups (broad SMARTS) is 1. The van der Waals surface area contributed by atoms with Crippen molar-refractivity contribution in [3.05, 3.63) is 12.2 Å². The fourth-order valence-corrected chi connectivity index (χ4v) is 3.69. The van der Waals surface area contributed by atoms with Gasteiger partial charge in [-0.05, 0) is 64.7 Å². The topological polar surface area (TPSA) is 114 Å². The number of hydrogen-bond acceptors (Lipinski definition) is 5. The molecule has 0 aromatic carbocycles. The molecule has 28 heavy (non-hydrogen) atoms. The molecule has 0 saturated heterocycles. The molecule has 158 valence electrons. The van der Waals surface area contributed by atoms with Crippen molar-refractivity contribution in [2.24, 2.45) is 17.8 Å². The van der Waals surface area contributed by atoms with Crippen LogP contribution in [0.5, 0.6) is 0 Å². The average molecular weight is 396 g/mol. The molecule has 3 N–H and O–H groups in total. The standard InChI is InChI=1S/C20H32N2O6/c1-20(2,3)28-19(26)22-16(17(23)24)6-4-5-9-21-18(25)27-12-15-11-13-7-8-14(15)10-13/h7-8,13-16H,4-6,9-12H2,1-3H3,(H,21,25)(H,22,26)(H,23,24)/t13?,14?,15?,16-/m0/s1. The number of nitrogens with one attached hydrogen (secondary N) is 2. The number of hydrogen-bond donors (Lipinski definition) is 3. The van der Waals surface area contributed by atoms with Crippen molar-refractivity contribution in [3.63, 3.8) is 0 Å². The molecule has 2 bridgehead atoms. The Balaban J connectivity index is 1.56. The van der Waals surface area contributed by atoms with E-state index < -0.39 is 29.8 Å². The van der Waals surface area contributed by atoms with E-state index in [0.717, 1.165) is 6.42 Å². The van der Waals surface area contributed by atoms with Crippen LogP contribution in [-0.2, 0) is 14.3 Å². The summed E-state index contributed by atoms with van der Waals surface area (Å²) >= 11 is 0. The summed E-state index contributed by atoms with van der Waals surface area (Å²) in [6, 6.07) is -1.02. The van der Waals surface area contributed by atoms with Crippen LogP contribution in [0.3, 0.4) is 0 Å². The van der Waals surface area contributed by atoms with E-state index in [-0.39, 0.29) is 6.42 Å². The minimum absolute atomic E-state index is 0.253. The lowest BCUT2D eigenvalue weighted by atomic mass is 9.95. The second-order valence-electron chi connectivity index (χ2n) is 8.60. The summed E-state index contributed by atoms with van der Waals surface area (Å²) < 4.78 is 10.4. The Morgan fingerprint density at radius 3 is 2.46 bits per heavy atom. The molecule has 0 radical (unpaired) electrons. The van der Waals surface area contributed by atoms with E-state index in [4.69, 9.17) is 9.47 Å². The Labute approximate surface area is 166 Å². The number of unbranched alkanes of at least 4 members (excludes halogenated alkanes) is 1. The number of ether oxygens (including phenoxy) is 2. The van der Waals surface area contributed by atoms with Crippen LogP contribution in [-0.4, -0.2) is 48.1 Å². The molecule has 2 amide bonds. The van der Waals surface area contributed by atoms with Crippen LogP contribution in [0.2, 0.25) is 0 Å². The summed E-state index contributed by atoms with van der Waals surface area (Å²) in [5, 5.41) is 14.3. The molecule has 0 aromatic heterocycles. The van der Waals surface area contributed by atoms with Crippen molar-refractivity contribution in [1.82, 2.24) is 10.6 Å². The normalized spacial score (nSPS) is 23.9. The highest BCUT2D eigenvalue weighted by Crippen LogP contribution is 2.43. The summed E-state index contributed by atoms with van der Waals surface area (Å²) in [5.41, 5.74) is -0.689. The molecule has 0 spiro atoms. The average Bonchev–Trinajstić information content (AvgIpc) is 3.19. The van der Waals surface area contributed by atoms with Gasteiger partial charge >= 0.3 is 18.2 Å². The minimum Gasteiger partial charge on any atom is -0.480 e. The highest BCUT2D eigenvalue weighted by molar-refractivity contribution is 5.79. The third kappa shape index (κ3) is 7.40. The molecule has 1 fully saturated rings. The minimum atomic E-state index is -1.11. The number of aliphatic carboxylic acids is 1. The number of alkyl carbamates (subject to hydrolysis) is 2. The van der Waals surface area contributed by atoms with Gasteiger partial charge in [0.1, 0.15) is 11.6 Å². The van der Waals surface area contributed by atoms with Crippen LogP contribution < -0.4 is 10.6 Å². The molecule has 8 nitrogen and oxygen atoms in total. The van der Waals surface area contributed by atoms with Crippen molar-refractivity contribution in [3.8, 4) is 0 Å². The van der Waals surface area contributed by atoms with Crippen molar-refractivity contribution < 1.29 is 29.0 Å². The van der Waals surface area contributed by atoms with Crippen LogP contribution in [0.4, 0.5) is 9.59 Å². The van der Waals surface area contributed by atoms with Gasteiger partial charge in [-0.3, -0.25) is 0 Å². The number of carbonyl (C=O) groups is 3. The van der Waals surface area contributed by atoms with E-state index in [9.17, 15) is 19.5 Å². The van der Waals surface area contributed by atoms with Gasteiger partial charge in [-0.15, -0.1) is 0 Å². The van der Waals surface area contributed by atoms with E-state index >= 15 is 0 Å². The van der Waals surface area contributed by atoms with E-state index in [2.05, 4.69) is 22.8 Å². The molecule has 4 atom stereocenters. The molecule has 0 heterocycles. The molecular weight excluding hydrogens is 364 g/mol. The molecular formula is C20H32N2O6. The quantitative estimate of drug-likeness (QED) is 0.408. The second-order valence-corrected chi connectivity index (χ2v) is 8.60. The number of allylic oxidation sites excluding steroid dienone is 2. The van der Waals surface area contributed by atoms with E-state index in [1.54, 1.807) is 20.8 Å². The van der Waals surface area contributed by atoms with Gasteiger partial charge in [0.05, 0.1) is 6.61 Å². The van der Waals surface area contributed by atoms with E-state index in [1.807, 2.05) is 0 Å². The summed E-state index contributed by atoms with van der Waals surface area (Å²) in [6.07, 6.45) is 6.94. The van der Waals surface area contributed by atoms with Crippen LogP contribution >= 0.6 is 0 Å². The zero-order valence-corrected chi connectivity index (χ0v) is 16.9. The van der Waals surface area contributed by atoms with Gasteiger partial charge in [0, 0.05) is 12.5 Å². The molecule has 8 heteroatoms. The van der Waals surface area contributed by atoms with Gasteiger partial charge in [-0.1, -0.05) is 12.2 Å². The van der Waals surface area contributed by atoms with Gasteiger partial charge in [-0.25, -0.2) is 14.4 Å². The Morgan fingerprint density at radius 1 is 1.14 bits per heavy atom. The summed E-state index contributed by atoms with van der Waals surface area (Å²) in [7, 11) is 0. The molecule has 2 aliphatic rings. The number of rotatable bonds is 9. The summed E-state index contributed by atoms with van der Waals surface area (Å²) in [5.74, 6) is 0.510. The van der Waals surface area contributed by atoms with E-state index in [1.165, 1.54) is 6.42 Å². The first-order valence-electron chi connectivity index (χ1n) is 9.95. The van der Waals surface area contributed by atoms with Crippen molar-refractivity contribution in [2.75, 3.05) is 13.2 Å². The monoisotopic (exact) mass is 396 g/mol. The van der Waals surface area contributed by atoms with Crippen LogP contribution in [0.15, 0.2) is 12.2 Å². The number of carboxylic acids is 1. The Kier molecular flexibility index (Phi) is 7.71. The predicted molar refractivity (Wildman–Crippen MR) is 103 cm³/mol. The SMILES string of the molecule is CC(C)(C)OC(=O)N[C@@H](CCCCNC(=O)OCC1CC2C=CC1C2)C(=O)O. The van der Waals surface area contributed by atoms with Gasteiger partial charge in [0.25, 0.3) is 0 Å². The third-order valence-electron chi connectivity index (χ3n) is 5.02. The van der Waals surface area contributed by atoms with Gasteiger partial charge in [0.15, 0.2) is 0 Å². The van der Waals surface area contributed by atoms with Crippen molar-refractivity contribution >= 4 is 18.2 Å². The first kappa shape index (κ1) is 22.0. The Morgan fingerprint density at radius 2 is 1.89 bits per heavy atom. The maximum absolute atomic E-state index is 11.8. The zero-order chi connectivity index (χ0) is 20.7. The largest absolute Gasteiger partial charge is 0.480 e. The Hall–Kier alpha value is -2.25. The first-order valence-corrected chi connectivity index (χ1v) is 9.95. The fraction of sp³-hybridized carbons (Fsp3) is 0.750. The maximum Gasteiger partial charge on any atom is 0.408 e. The lowest BCUT2D eigenvalue weighted by Crippen LogP contribution is -2.43. The third-order valence-corrected chi connectivity index (χ3v) is 5.02. The molecule has 2 rings (SSSR count). The lowest BCUT2D eigenvalue weighted by molar-refractivity contribution is -0.139. The van der Waals surface area contributed by atoms with Gasteiger partial charge in [-0.2, -0.15) is 0 Å². The van der Waals surface area contributed by atoms with Gasteiger partial charge in [0.2, 0.25) is 0 Å². The summed E-state index contributed by atoms with van der Waals surface area (Å²) in [4.78, 5) is 34.7. The lowest BCUT2D eigenvalue weighted by Gasteiger charge is -2.22. The molecule has 3 unspecified atom stereocenters. The molecule has 2 aliphatic carbocycles. The molecule has 0 aromatic rings. The number of fused-ring (bicyclic) bond motifs is 2. The van der Waals surface area contributed by atoms with Crippen LogP contribution in [0, 0.1) is 17.8 Å². The molecule has 1 saturated carbocycles. The summed E-state index contributed by atoms with van der Waals surface area (Å²) in [6.45, 7) is 5.97. The van der Waals surface area contributed by atoms with Crippen LogP contribution in [0.1, 0.15) is 52.9 Å². The fourth-order valence-electron chi connectivity index (χ4n) is 3.69. The number of carbonyl (C=O) groups excluding carboxylic acids is 2. The van der Waals surface area contributed by atoms with Crippen molar-refractivity contribution in [1.29, 1.82) is 0 Å². The zero-order valence-electron chi connectivity index (χ0n) is 16.9. The predicted octanol–water partition coefficient (Wildman–Crippen LogP) is 3.07.